The molecule has 1 aromatic carbocycles. The number of amides is 1. The lowest BCUT2D eigenvalue weighted by atomic mass is 9.95. The first kappa shape index (κ1) is 14.2. The predicted octanol–water partition coefficient (Wildman–Crippen LogP) is 2.88. The van der Waals surface area contributed by atoms with E-state index in [9.17, 15) is 4.79 Å². The van der Waals surface area contributed by atoms with Crippen LogP contribution in [0.3, 0.4) is 0 Å². The fourth-order valence-electron chi connectivity index (χ4n) is 3.09. The van der Waals surface area contributed by atoms with E-state index in [1.54, 1.807) is 6.07 Å². The van der Waals surface area contributed by atoms with Crippen LogP contribution < -0.4 is 5.32 Å². The van der Waals surface area contributed by atoms with Crippen molar-refractivity contribution in [3.63, 3.8) is 0 Å². The van der Waals surface area contributed by atoms with Gasteiger partial charge in [0, 0.05) is 29.7 Å². The lowest BCUT2D eigenvalue weighted by molar-refractivity contribution is -0.137. The molecule has 1 unspecified atom stereocenters. The van der Waals surface area contributed by atoms with Gasteiger partial charge in [0.25, 0.3) is 0 Å². The number of carbonyl (C=O) groups excluding carboxylic acids is 1. The minimum Gasteiger partial charge on any atom is -0.338 e. The highest BCUT2D eigenvalue weighted by molar-refractivity contribution is 6.35. The van der Waals surface area contributed by atoms with Crippen molar-refractivity contribution < 1.29 is 4.79 Å². The molecule has 0 aromatic heterocycles. The van der Waals surface area contributed by atoms with Gasteiger partial charge in [-0.1, -0.05) is 23.2 Å². The molecule has 1 atom stereocenters. The monoisotopic (exact) mass is 312 g/mol. The van der Waals surface area contributed by atoms with Gasteiger partial charge >= 0.3 is 0 Å². The van der Waals surface area contributed by atoms with E-state index in [0.29, 0.717) is 16.6 Å². The molecule has 20 heavy (non-hydrogen) atoms. The second kappa shape index (κ2) is 5.92. The number of fused-ring (bicyclic) bond motifs is 1. The van der Waals surface area contributed by atoms with Crippen LogP contribution in [0, 0.1) is 5.92 Å². The van der Waals surface area contributed by atoms with Crippen LogP contribution in [-0.4, -0.2) is 30.4 Å². The van der Waals surface area contributed by atoms with E-state index in [2.05, 4.69) is 5.32 Å². The lowest BCUT2D eigenvalue weighted by Gasteiger charge is -2.33. The van der Waals surface area contributed by atoms with Crippen LogP contribution in [0.15, 0.2) is 12.1 Å². The number of nitrogens with one attached hydrogen (secondary N) is 1. The van der Waals surface area contributed by atoms with Crippen molar-refractivity contribution in [1.29, 1.82) is 0 Å². The van der Waals surface area contributed by atoms with E-state index in [-0.39, 0.29) is 11.8 Å². The molecule has 3 rings (SSSR count). The van der Waals surface area contributed by atoms with Crippen molar-refractivity contribution in [3.8, 4) is 0 Å². The van der Waals surface area contributed by atoms with Gasteiger partial charge < -0.3 is 10.2 Å². The summed E-state index contributed by atoms with van der Waals surface area (Å²) in [5, 5.41) is 4.65. The summed E-state index contributed by atoms with van der Waals surface area (Å²) < 4.78 is 0. The highest BCUT2D eigenvalue weighted by Gasteiger charge is 2.29. The van der Waals surface area contributed by atoms with E-state index in [0.717, 1.165) is 44.5 Å². The zero-order valence-corrected chi connectivity index (χ0v) is 12.8. The fourth-order valence-corrected chi connectivity index (χ4v) is 3.69. The highest BCUT2D eigenvalue weighted by Crippen LogP contribution is 2.30. The minimum atomic E-state index is 0.122. The zero-order chi connectivity index (χ0) is 14.1. The van der Waals surface area contributed by atoms with Crippen LogP contribution in [0.4, 0.5) is 0 Å². The average molecular weight is 313 g/mol. The molecule has 1 aromatic rings. The first-order valence-electron chi connectivity index (χ1n) is 7.11. The van der Waals surface area contributed by atoms with Crippen molar-refractivity contribution in [2.45, 2.75) is 25.8 Å². The van der Waals surface area contributed by atoms with Crippen LogP contribution in [-0.2, 0) is 17.8 Å². The summed E-state index contributed by atoms with van der Waals surface area (Å²) in [7, 11) is 0. The van der Waals surface area contributed by atoms with Crippen molar-refractivity contribution in [2.24, 2.45) is 5.92 Å². The van der Waals surface area contributed by atoms with Crippen molar-refractivity contribution in [3.05, 3.63) is 33.3 Å². The van der Waals surface area contributed by atoms with Gasteiger partial charge in [-0.15, -0.1) is 0 Å². The lowest BCUT2D eigenvalue weighted by Crippen LogP contribution is -2.44. The van der Waals surface area contributed by atoms with E-state index < -0.39 is 0 Å². The molecular weight excluding hydrogens is 295 g/mol. The van der Waals surface area contributed by atoms with Gasteiger partial charge in [-0.25, -0.2) is 0 Å². The van der Waals surface area contributed by atoms with Crippen LogP contribution in [0.5, 0.6) is 0 Å². The maximum atomic E-state index is 12.6. The van der Waals surface area contributed by atoms with Gasteiger partial charge in [0.2, 0.25) is 5.91 Å². The highest BCUT2D eigenvalue weighted by atomic mass is 35.5. The topological polar surface area (TPSA) is 32.3 Å². The number of piperidine rings is 1. The standard InChI is InChI=1S/C15H18Cl2N2O/c16-12-6-10-3-5-19(9-13(10)14(17)7-12)15(20)11-2-1-4-18-8-11/h6-7,11,18H,1-5,8-9H2. The molecule has 0 radical (unpaired) electrons. The summed E-state index contributed by atoms with van der Waals surface area (Å²) in [6.07, 6.45) is 2.91. The van der Waals surface area contributed by atoms with Gasteiger partial charge in [0.1, 0.15) is 0 Å². The van der Waals surface area contributed by atoms with Gasteiger partial charge in [-0.3, -0.25) is 4.79 Å². The Morgan fingerprint density at radius 3 is 2.95 bits per heavy atom. The quantitative estimate of drug-likeness (QED) is 0.865. The Balaban J connectivity index is 1.76. The van der Waals surface area contributed by atoms with Gasteiger partial charge in [0.15, 0.2) is 0 Å². The Morgan fingerprint density at radius 1 is 1.35 bits per heavy atom. The molecule has 2 aliphatic rings. The third-order valence-corrected chi connectivity index (χ3v) is 4.77. The molecule has 3 nitrogen and oxygen atoms in total. The van der Waals surface area contributed by atoms with Crippen molar-refractivity contribution >= 4 is 29.1 Å². The summed E-state index contributed by atoms with van der Waals surface area (Å²) in [6, 6.07) is 3.73. The molecule has 2 aliphatic heterocycles. The van der Waals surface area contributed by atoms with E-state index in [1.807, 2.05) is 11.0 Å². The van der Waals surface area contributed by atoms with E-state index in [4.69, 9.17) is 23.2 Å². The Kier molecular flexibility index (Phi) is 4.20. The Bertz CT molecular complexity index is 527. The Hall–Kier alpha value is -0.770. The Labute approximate surface area is 129 Å². The molecule has 1 fully saturated rings. The third kappa shape index (κ3) is 2.80. The summed E-state index contributed by atoms with van der Waals surface area (Å²) in [5.41, 5.74) is 2.23. The molecule has 0 spiro atoms. The number of nitrogens with zero attached hydrogens (tertiary/aromatic N) is 1. The Morgan fingerprint density at radius 2 is 2.20 bits per heavy atom. The maximum Gasteiger partial charge on any atom is 0.227 e. The molecule has 1 saturated heterocycles. The second-order valence-corrected chi connectivity index (χ2v) is 6.42. The number of hydrogen-bond donors (Lipinski definition) is 1. The van der Waals surface area contributed by atoms with Gasteiger partial charge in [-0.05, 0) is 49.1 Å². The number of hydrogen-bond acceptors (Lipinski definition) is 2. The molecule has 1 N–H and O–H groups in total. The third-order valence-electron chi connectivity index (χ3n) is 4.21. The van der Waals surface area contributed by atoms with E-state index in [1.165, 1.54) is 5.56 Å². The molecule has 0 saturated carbocycles. The van der Waals surface area contributed by atoms with Gasteiger partial charge in [-0.2, -0.15) is 0 Å². The average Bonchev–Trinajstić information content (AvgIpc) is 2.47. The maximum absolute atomic E-state index is 12.6. The molecule has 1 amide bonds. The summed E-state index contributed by atoms with van der Waals surface area (Å²) >= 11 is 12.3. The first-order valence-corrected chi connectivity index (χ1v) is 7.87. The molecule has 2 heterocycles. The fraction of sp³-hybridized carbons (Fsp3) is 0.533. The van der Waals surface area contributed by atoms with Crippen LogP contribution in [0.25, 0.3) is 0 Å². The van der Waals surface area contributed by atoms with Crippen molar-refractivity contribution in [1.82, 2.24) is 10.2 Å². The molecule has 108 valence electrons. The molecular formula is C15H18Cl2N2O. The summed E-state index contributed by atoms with van der Waals surface area (Å²) in [4.78, 5) is 14.5. The van der Waals surface area contributed by atoms with Crippen LogP contribution in [0.2, 0.25) is 10.0 Å². The number of rotatable bonds is 1. The normalized spacial score (nSPS) is 22.5. The summed E-state index contributed by atoms with van der Waals surface area (Å²) in [6.45, 7) is 3.20. The zero-order valence-electron chi connectivity index (χ0n) is 11.3. The number of benzene rings is 1. The summed E-state index contributed by atoms with van der Waals surface area (Å²) in [5.74, 6) is 0.380. The predicted molar refractivity (Wildman–Crippen MR) is 81.2 cm³/mol. The first-order chi connectivity index (χ1) is 9.65. The molecule has 5 heteroatoms. The minimum absolute atomic E-state index is 0.122. The molecule has 0 aliphatic carbocycles. The van der Waals surface area contributed by atoms with Crippen LogP contribution >= 0.6 is 23.2 Å². The largest absolute Gasteiger partial charge is 0.338 e. The second-order valence-electron chi connectivity index (χ2n) is 5.58. The number of carbonyl (C=O) groups is 1. The van der Waals surface area contributed by atoms with Gasteiger partial charge in [0.05, 0.1) is 5.92 Å². The van der Waals surface area contributed by atoms with Crippen molar-refractivity contribution in [2.75, 3.05) is 19.6 Å². The smallest absolute Gasteiger partial charge is 0.227 e. The van der Waals surface area contributed by atoms with E-state index >= 15 is 0 Å². The SMILES string of the molecule is O=C(C1CCCNC1)N1CCc2cc(Cl)cc(Cl)c2C1. The molecule has 0 bridgehead atoms. The van der Waals surface area contributed by atoms with Crippen LogP contribution in [0.1, 0.15) is 24.0 Å². The number of halogens is 2.